The lowest BCUT2D eigenvalue weighted by Gasteiger charge is -2.29. The van der Waals surface area contributed by atoms with Gasteiger partial charge >= 0.3 is 0 Å². The number of benzene rings is 5. The maximum absolute atomic E-state index is 6.51. The van der Waals surface area contributed by atoms with Gasteiger partial charge in [0.25, 0.3) is 0 Å². The van der Waals surface area contributed by atoms with Gasteiger partial charge < -0.3 is 9.64 Å². The fraction of sp³-hybridized carbons (Fsp3) is 0.184. The molecule has 1 atom stereocenters. The van der Waals surface area contributed by atoms with Gasteiger partial charge in [-0.05, 0) is 60.9 Å². The lowest BCUT2D eigenvalue weighted by molar-refractivity contribution is 0.174. The Hall–Kier alpha value is -3.84. The molecule has 0 aliphatic heterocycles. The topological polar surface area (TPSA) is 12.5 Å². The van der Waals surface area contributed by atoms with Crippen LogP contribution < -0.4 is 20.7 Å². The summed E-state index contributed by atoms with van der Waals surface area (Å²) in [4.78, 5) is 2.45. The summed E-state index contributed by atoms with van der Waals surface area (Å²) in [6.45, 7) is 2.12. The highest BCUT2D eigenvalue weighted by Gasteiger charge is 2.24. The molecule has 5 aromatic carbocycles. The average Bonchev–Trinajstić information content (AvgIpc) is 3.04. The Morgan fingerprint density at radius 1 is 0.610 bits per heavy atom. The van der Waals surface area contributed by atoms with Gasteiger partial charge in [-0.15, -0.1) is 0 Å². The fourth-order valence-corrected chi connectivity index (χ4v) is 9.37. The standard InChI is InChI=1S/C38H40NOP/c1-32-24-26-34(27-25-32)40-38(33-16-7-3-8-17-33)28-30-39(2)29-15-31-41(35-18-9-4-10-19-35,36-20-11-5-12-21-36)37-22-13-6-14-23-37/h3-14,16-27,31,38H,15,28-30H2,1-2H3. The van der Waals surface area contributed by atoms with E-state index in [4.69, 9.17) is 4.74 Å². The summed E-state index contributed by atoms with van der Waals surface area (Å²) in [7, 11) is 2.23. The molecule has 0 aliphatic rings. The summed E-state index contributed by atoms with van der Waals surface area (Å²) in [6.07, 6.45) is 1.93. The highest BCUT2D eigenvalue weighted by Crippen LogP contribution is 2.43. The molecule has 0 saturated carbocycles. The second kappa shape index (κ2) is 14.2. The van der Waals surface area contributed by atoms with Gasteiger partial charge in [-0.25, -0.2) is 0 Å². The largest absolute Gasteiger partial charge is 0.486 e. The number of aryl methyl sites for hydroxylation is 1. The first-order chi connectivity index (χ1) is 20.1. The summed E-state index contributed by atoms with van der Waals surface area (Å²) in [5, 5.41) is 4.20. The lowest BCUT2D eigenvalue weighted by Crippen LogP contribution is -2.28. The smallest absolute Gasteiger partial charge is 0.125 e. The minimum Gasteiger partial charge on any atom is -0.486 e. The van der Waals surface area contributed by atoms with Crippen LogP contribution in [0.1, 0.15) is 30.1 Å². The minimum absolute atomic E-state index is 0.00915. The summed E-state index contributed by atoms with van der Waals surface area (Å²) >= 11 is 0. The van der Waals surface area contributed by atoms with Crippen LogP contribution in [0.3, 0.4) is 0 Å². The molecule has 0 aliphatic carbocycles. The Morgan fingerprint density at radius 3 is 1.56 bits per heavy atom. The zero-order valence-electron chi connectivity index (χ0n) is 24.1. The minimum atomic E-state index is -1.92. The first kappa shape index (κ1) is 28.7. The number of hydrogen-bond acceptors (Lipinski definition) is 2. The predicted molar refractivity (Wildman–Crippen MR) is 179 cm³/mol. The molecule has 0 spiro atoms. The molecular weight excluding hydrogens is 517 g/mol. The van der Waals surface area contributed by atoms with E-state index in [0.29, 0.717) is 0 Å². The van der Waals surface area contributed by atoms with Crippen LogP contribution in [0.25, 0.3) is 0 Å². The second-order valence-corrected chi connectivity index (χ2v) is 14.0. The van der Waals surface area contributed by atoms with E-state index in [1.54, 1.807) is 0 Å². The van der Waals surface area contributed by atoms with Crippen LogP contribution in [-0.2, 0) is 0 Å². The summed E-state index contributed by atoms with van der Waals surface area (Å²) in [5.74, 6) is 3.55. The molecule has 41 heavy (non-hydrogen) atoms. The first-order valence-corrected chi connectivity index (χ1v) is 16.4. The lowest BCUT2D eigenvalue weighted by atomic mass is 10.1. The van der Waals surface area contributed by atoms with Crippen molar-refractivity contribution < 1.29 is 4.74 Å². The van der Waals surface area contributed by atoms with E-state index in [9.17, 15) is 0 Å². The van der Waals surface area contributed by atoms with E-state index in [1.807, 2.05) is 0 Å². The van der Waals surface area contributed by atoms with Crippen molar-refractivity contribution in [2.75, 3.05) is 20.1 Å². The van der Waals surface area contributed by atoms with Crippen molar-refractivity contribution in [3.05, 3.63) is 157 Å². The molecule has 0 bridgehead atoms. The van der Waals surface area contributed by atoms with Crippen molar-refractivity contribution in [2.24, 2.45) is 0 Å². The molecule has 0 amide bonds. The van der Waals surface area contributed by atoms with E-state index in [-0.39, 0.29) is 6.10 Å². The van der Waals surface area contributed by atoms with Crippen molar-refractivity contribution in [1.82, 2.24) is 4.90 Å². The zero-order chi connectivity index (χ0) is 28.3. The molecule has 208 valence electrons. The van der Waals surface area contributed by atoms with E-state index in [0.717, 1.165) is 31.7 Å². The van der Waals surface area contributed by atoms with Crippen LogP contribution in [0.5, 0.6) is 5.75 Å². The number of nitrogens with zero attached hydrogens (tertiary/aromatic N) is 1. The third-order valence-corrected chi connectivity index (χ3v) is 11.8. The van der Waals surface area contributed by atoms with E-state index < -0.39 is 6.89 Å². The highest BCUT2D eigenvalue weighted by atomic mass is 31.2. The Morgan fingerprint density at radius 2 is 1.07 bits per heavy atom. The molecule has 1 unspecified atom stereocenters. The Balaban J connectivity index is 1.36. The fourth-order valence-electron chi connectivity index (χ4n) is 5.42. The summed E-state index contributed by atoms with van der Waals surface area (Å²) < 4.78 is 6.51. The SMILES string of the molecule is Cc1ccc(OC(CCN(C)CCC=P(c2ccccc2)(c2ccccc2)c2ccccc2)c2ccccc2)cc1. The van der Waals surface area contributed by atoms with Crippen molar-refractivity contribution in [1.29, 1.82) is 0 Å². The van der Waals surface area contributed by atoms with Gasteiger partial charge in [0.1, 0.15) is 11.9 Å². The van der Waals surface area contributed by atoms with Gasteiger partial charge in [0.2, 0.25) is 0 Å². The van der Waals surface area contributed by atoms with Gasteiger partial charge in [0.15, 0.2) is 0 Å². The summed E-state index contributed by atoms with van der Waals surface area (Å²) in [6, 6.07) is 52.2. The van der Waals surface area contributed by atoms with Crippen LogP contribution in [-0.4, -0.2) is 30.8 Å². The number of rotatable bonds is 12. The second-order valence-electron chi connectivity index (χ2n) is 10.6. The van der Waals surface area contributed by atoms with Gasteiger partial charge in [-0.3, -0.25) is 0 Å². The zero-order valence-corrected chi connectivity index (χ0v) is 25.0. The first-order valence-electron chi connectivity index (χ1n) is 14.5. The Bertz CT molecular complexity index is 1410. The quantitative estimate of drug-likeness (QED) is 0.146. The maximum Gasteiger partial charge on any atom is 0.125 e. The van der Waals surface area contributed by atoms with E-state index in [2.05, 4.69) is 170 Å². The molecule has 2 nitrogen and oxygen atoms in total. The number of hydrogen-bond donors (Lipinski definition) is 0. The average molecular weight is 558 g/mol. The molecular formula is C38H40NOP. The molecule has 0 N–H and O–H groups in total. The maximum atomic E-state index is 6.51. The molecule has 3 heteroatoms. The van der Waals surface area contributed by atoms with E-state index >= 15 is 0 Å². The normalized spacial score (nSPS) is 12.2. The van der Waals surface area contributed by atoms with Crippen LogP contribution in [0.4, 0.5) is 0 Å². The van der Waals surface area contributed by atoms with Gasteiger partial charge in [0, 0.05) is 19.5 Å². The van der Waals surface area contributed by atoms with Crippen molar-refractivity contribution in [2.45, 2.75) is 25.9 Å². The Kier molecular flexibility index (Phi) is 9.91. The summed E-state index contributed by atoms with van der Waals surface area (Å²) in [5.41, 5.74) is 2.46. The molecule has 5 rings (SSSR count). The molecule has 0 aromatic heterocycles. The monoisotopic (exact) mass is 557 g/mol. The third-order valence-electron chi connectivity index (χ3n) is 7.65. The Labute approximate surface area is 246 Å². The molecule has 0 heterocycles. The molecule has 0 fully saturated rings. The van der Waals surface area contributed by atoms with Crippen LogP contribution in [0.2, 0.25) is 0 Å². The van der Waals surface area contributed by atoms with Crippen molar-refractivity contribution in [3.63, 3.8) is 0 Å². The van der Waals surface area contributed by atoms with Crippen molar-refractivity contribution >= 4 is 28.6 Å². The van der Waals surface area contributed by atoms with Gasteiger partial charge in [-0.2, -0.15) is 0 Å². The van der Waals surface area contributed by atoms with Gasteiger partial charge in [0.05, 0.1) is 0 Å². The highest BCUT2D eigenvalue weighted by molar-refractivity contribution is 7.94. The molecule has 0 saturated heterocycles. The van der Waals surface area contributed by atoms with Gasteiger partial charge in [-0.1, -0.05) is 145 Å². The number of ether oxygens (including phenoxy) is 1. The van der Waals surface area contributed by atoms with Crippen molar-refractivity contribution in [3.8, 4) is 5.75 Å². The van der Waals surface area contributed by atoms with Crippen LogP contribution >= 0.6 is 6.89 Å². The third kappa shape index (κ3) is 7.27. The predicted octanol–water partition coefficient (Wildman–Crippen LogP) is 7.62. The van der Waals surface area contributed by atoms with E-state index in [1.165, 1.54) is 27.0 Å². The van der Waals surface area contributed by atoms with Crippen LogP contribution in [0, 0.1) is 6.92 Å². The van der Waals surface area contributed by atoms with Crippen LogP contribution in [0.15, 0.2) is 146 Å². The molecule has 0 radical (unpaired) electrons. The molecule has 5 aromatic rings.